The minimum absolute atomic E-state index is 0.852. The zero-order valence-electron chi connectivity index (χ0n) is 9.47. The molecule has 0 N–H and O–H groups in total. The fourth-order valence-corrected chi connectivity index (χ4v) is 3.95. The minimum atomic E-state index is 0.852. The third-order valence-corrected chi connectivity index (χ3v) is 5.14. The Bertz CT molecular complexity index is 673. The van der Waals surface area contributed by atoms with Crippen molar-refractivity contribution in [3.63, 3.8) is 0 Å². The Morgan fingerprint density at radius 1 is 1.11 bits per heavy atom. The molecule has 2 aromatic heterocycles. The number of para-hydroxylation sites is 1. The first kappa shape index (κ1) is 12.0. The summed E-state index contributed by atoms with van der Waals surface area (Å²) in [5, 5.41) is 1.22. The van der Waals surface area contributed by atoms with Crippen LogP contribution in [0.5, 0.6) is 0 Å². The molecule has 0 amide bonds. The lowest BCUT2D eigenvalue weighted by atomic mass is 10.2. The van der Waals surface area contributed by atoms with Gasteiger partial charge in [-0.25, -0.2) is 0 Å². The fraction of sp³-hybridized carbons (Fsp3) is 0.0714. The van der Waals surface area contributed by atoms with Gasteiger partial charge in [0.2, 0.25) is 0 Å². The van der Waals surface area contributed by atoms with Crippen LogP contribution in [0, 0.1) is 0 Å². The van der Waals surface area contributed by atoms with Crippen LogP contribution in [0.1, 0.15) is 4.88 Å². The highest BCUT2D eigenvalue weighted by atomic mass is 35.5. The van der Waals surface area contributed by atoms with E-state index in [1.165, 1.54) is 15.2 Å². The molecule has 0 radical (unpaired) electrons. The van der Waals surface area contributed by atoms with Crippen molar-refractivity contribution in [3.05, 3.63) is 57.9 Å². The van der Waals surface area contributed by atoms with Gasteiger partial charge in [0.05, 0.1) is 9.85 Å². The summed E-state index contributed by atoms with van der Waals surface area (Å²) in [5.74, 6) is 0.950. The van der Waals surface area contributed by atoms with Crippen LogP contribution in [-0.4, -0.2) is 4.98 Å². The number of pyridine rings is 1. The number of thiophene rings is 1. The number of benzene rings is 1. The second-order valence-electron chi connectivity index (χ2n) is 3.82. The highest BCUT2D eigenvalue weighted by Crippen LogP contribution is 2.32. The number of halogens is 1. The van der Waals surface area contributed by atoms with E-state index in [4.69, 9.17) is 11.6 Å². The largest absolute Gasteiger partial charge is 0.256 e. The molecule has 3 rings (SSSR count). The van der Waals surface area contributed by atoms with Crippen molar-refractivity contribution in [2.45, 2.75) is 10.6 Å². The lowest BCUT2D eigenvalue weighted by Gasteiger charge is -2.04. The van der Waals surface area contributed by atoms with Gasteiger partial charge in [-0.3, -0.25) is 4.98 Å². The molecule has 1 nitrogen and oxygen atoms in total. The Labute approximate surface area is 119 Å². The van der Waals surface area contributed by atoms with Crippen LogP contribution in [0.3, 0.4) is 0 Å². The number of hydrogen-bond acceptors (Lipinski definition) is 3. The summed E-state index contributed by atoms with van der Waals surface area (Å²) in [7, 11) is 0. The molecule has 0 spiro atoms. The fourth-order valence-electron chi connectivity index (χ4n) is 1.77. The van der Waals surface area contributed by atoms with E-state index in [0.717, 1.165) is 15.6 Å². The van der Waals surface area contributed by atoms with Crippen molar-refractivity contribution < 1.29 is 0 Å². The topological polar surface area (TPSA) is 12.9 Å². The van der Waals surface area contributed by atoms with E-state index in [9.17, 15) is 0 Å². The maximum absolute atomic E-state index is 5.94. The van der Waals surface area contributed by atoms with Crippen molar-refractivity contribution in [1.29, 1.82) is 0 Å². The summed E-state index contributed by atoms with van der Waals surface area (Å²) >= 11 is 9.41. The summed E-state index contributed by atoms with van der Waals surface area (Å²) in [5.41, 5.74) is 1.05. The monoisotopic (exact) mass is 291 g/mol. The Balaban J connectivity index is 1.86. The molecule has 0 saturated carbocycles. The van der Waals surface area contributed by atoms with Crippen LogP contribution in [0.15, 0.2) is 53.6 Å². The van der Waals surface area contributed by atoms with Crippen LogP contribution in [0.25, 0.3) is 10.9 Å². The third kappa shape index (κ3) is 2.53. The quantitative estimate of drug-likeness (QED) is 0.612. The van der Waals surface area contributed by atoms with Gasteiger partial charge in [-0.1, -0.05) is 29.8 Å². The van der Waals surface area contributed by atoms with Crippen molar-refractivity contribution in [2.75, 3.05) is 0 Å². The number of aromatic nitrogens is 1. The van der Waals surface area contributed by atoms with Crippen LogP contribution in [0.4, 0.5) is 0 Å². The van der Waals surface area contributed by atoms with Crippen molar-refractivity contribution in [2.24, 2.45) is 0 Å². The highest BCUT2D eigenvalue weighted by molar-refractivity contribution is 7.98. The second-order valence-corrected chi connectivity index (χ2v) is 6.64. The molecular formula is C14H10ClNS2. The van der Waals surface area contributed by atoms with Crippen molar-refractivity contribution in [1.82, 2.24) is 4.98 Å². The molecule has 0 atom stereocenters. The van der Waals surface area contributed by atoms with Gasteiger partial charge >= 0.3 is 0 Å². The minimum Gasteiger partial charge on any atom is -0.256 e. The summed E-state index contributed by atoms with van der Waals surface area (Å²) in [6.45, 7) is 0. The Morgan fingerprint density at radius 2 is 2.00 bits per heavy atom. The first-order valence-electron chi connectivity index (χ1n) is 5.54. The van der Waals surface area contributed by atoms with E-state index in [1.54, 1.807) is 11.3 Å². The van der Waals surface area contributed by atoms with Crippen LogP contribution in [-0.2, 0) is 5.75 Å². The maximum atomic E-state index is 5.94. The van der Waals surface area contributed by atoms with Crippen molar-refractivity contribution in [3.8, 4) is 0 Å². The second kappa shape index (κ2) is 5.31. The van der Waals surface area contributed by atoms with E-state index < -0.39 is 0 Å². The molecule has 0 unspecified atom stereocenters. The molecular weight excluding hydrogens is 282 g/mol. The van der Waals surface area contributed by atoms with Crippen molar-refractivity contribution >= 4 is 45.6 Å². The number of hydrogen-bond donors (Lipinski definition) is 0. The summed E-state index contributed by atoms with van der Waals surface area (Å²) in [4.78, 5) is 6.93. The average Bonchev–Trinajstić information content (AvgIpc) is 2.82. The molecule has 2 heterocycles. The number of nitrogens with zero attached hydrogens (tertiary/aromatic N) is 1. The summed E-state index contributed by atoms with van der Waals surface area (Å²) in [6, 6.07) is 14.3. The van der Waals surface area contributed by atoms with Gasteiger partial charge in [0.25, 0.3) is 0 Å². The molecule has 90 valence electrons. The first-order valence-corrected chi connectivity index (χ1v) is 7.72. The average molecular weight is 292 g/mol. The van der Waals surface area contributed by atoms with Gasteiger partial charge in [0, 0.05) is 27.1 Å². The Hall–Kier alpha value is -1.03. The third-order valence-electron chi connectivity index (χ3n) is 2.61. The van der Waals surface area contributed by atoms with E-state index >= 15 is 0 Å². The molecule has 0 fully saturated rings. The Kier molecular flexibility index (Phi) is 3.55. The standard InChI is InChI=1S/C14H10ClNS2/c15-14-6-5-10(18-14)9-17-13-7-8-16-12-4-2-1-3-11(12)13/h1-8H,9H2. The number of thioether (sulfide) groups is 1. The molecule has 0 aliphatic rings. The molecule has 3 aromatic rings. The summed E-state index contributed by atoms with van der Waals surface area (Å²) in [6.07, 6.45) is 1.87. The van der Waals surface area contributed by atoms with Gasteiger partial charge < -0.3 is 0 Å². The molecule has 18 heavy (non-hydrogen) atoms. The lowest BCUT2D eigenvalue weighted by molar-refractivity contribution is 1.35. The van der Waals surface area contributed by atoms with Gasteiger partial charge in [-0.2, -0.15) is 0 Å². The van der Waals surface area contributed by atoms with Gasteiger partial charge in [-0.15, -0.1) is 23.1 Å². The highest BCUT2D eigenvalue weighted by Gasteiger charge is 2.04. The molecule has 0 saturated heterocycles. The molecule has 0 aliphatic carbocycles. The van der Waals surface area contributed by atoms with Crippen LogP contribution < -0.4 is 0 Å². The predicted molar refractivity (Wildman–Crippen MR) is 80.6 cm³/mol. The smallest absolute Gasteiger partial charge is 0.0931 e. The predicted octanol–water partition coefficient (Wildman–Crippen LogP) is 5.24. The zero-order chi connectivity index (χ0) is 12.4. The lowest BCUT2D eigenvalue weighted by Crippen LogP contribution is -1.81. The van der Waals surface area contributed by atoms with Gasteiger partial charge in [0.15, 0.2) is 0 Å². The van der Waals surface area contributed by atoms with E-state index in [1.807, 2.05) is 36.2 Å². The van der Waals surface area contributed by atoms with Crippen LogP contribution >= 0.6 is 34.7 Å². The molecule has 0 bridgehead atoms. The SMILES string of the molecule is Clc1ccc(CSc2ccnc3ccccc23)s1. The van der Waals surface area contributed by atoms with Gasteiger partial charge in [0.1, 0.15) is 0 Å². The normalized spacial score (nSPS) is 10.9. The Morgan fingerprint density at radius 3 is 2.83 bits per heavy atom. The first-order chi connectivity index (χ1) is 8.83. The summed E-state index contributed by atoms with van der Waals surface area (Å²) < 4.78 is 0.852. The number of fused-ring (bicyclic) bond motifs is 1. The van der Waals surface area contributed by atoms with Crippen LogP contribution in [0.2, 0.25) is 4.34 Å². The van der Waals surface area contributed by atoms with Gasteiger partial charge in [-0.05, 0) is 24.3 Å². The number of rotatable bonds is 3. The molecule has 4 heteroatoms. The van der Waals surface area contributed by atoms with E-state index in [0.29, 0.717) is 0 Å². The molecule has 0 aliphatic heterocycles. The van der Waals surface area contributed by atoms with E-state index in [2.05, 4.69) is 29.2 Å². The zero-order valence-corrected chi connectivity index (χ0v) is 11.9. The maximum Gasteiger partial charge on any atom is 0.0931 e. The van der Waals surface area contributed by atoms with E-state index in [-0.39, 0.29) is 0 Å². The molecule has 1 aromatic carbocycles.